The number of ether oxygens (including phenoxy) is 2. The summed E-state index contributed by atoms with van der Waals surface area (Å²) in [5.41, 5.74) is 0.891. The lowest BCUT2D eigenvalue weighted by Gasteiger charge is -2.14. The molecule has 0 aliphatic carbocycles. The van der Waals surface area contributed by atoms with E-state index < -0.39 is 0 Å². The normalized spacial score (nSPS) is 18.7. The highest BCUT2D eigenvalue weighted by atomic mass is 16.5. The lowest BCUT2D eigenvalue weighted by atomic mass is 10.2. The predicted molar refractivity (Wildman–Crippen MR) is 73.6 cm³/mol. The Hall–Kier alpha value is -1.88. The van der Waals surface area contributed by atoms with Gasteiger partial charge < -0.3 is 14.8 Å². The van der Waals surface area contributed by atoms with Gasteiger partial charge in [-0.15, -0.1) is 0 Å². The second-order valence-electron chi connectivity index (χ2n) is 4.50. The molecule has 2 aromatic rings. The summed E-state index contributed by atoms with van der Waals surface area (Å²) in [5.74, 6) is 1.24. The average Bonchev–Trinajstić information content (AvgIpc) is 2.92. The maximum atomic E-state index is 5.96. The Bertz CT molecular complexity index is 568. The van der Waals surface area contributed by atoms with Crippen molar-refractivity contribution < 1.29 is 9.47 Å². The van der Waals surface area contributed by atoms with Crippen LogP contribution in [0.1, 0.15) is 13.3 Å². The lowest BCUT2D eigenvalue weighted by Crippen LogP contribution is -2.17. The molecule has 2 heterocycles. The topological polar surface area (TPSA) is 56.3 Å². The van der Waals surface area contributed by atoms with E-state index >= 15 is 0 Å². The zero-order valence-corrected chi connectivity index (χ0v) is 10.9. The standard InChI is InChI=1S/C14H17N3O2/c1-2-15-14-16-12-6-4-3-5-11(12)13(17-14)19-10-7-8-18-9-10/h3-6,10H,2,7-9H2,1H3,(H,15,16,17). The molecule has 3 rings (SSSR count). The molecular weight excluding hydrogens is 242 g/mol. The summed E-state index contributed by atoms with van der Waals surface area (Å²) in [6.07, 6.45) is 1.00. The van der Waals surface area contributed by atoms with Gasteiger partial charge in [-0.3, -0.25) is 0 Å². The third-order valence-electron chi connectivity index (χ3n) is 3.07. The van der Waals surface area contributed by atoms with Gasteiger partial charge in [0.25, 0.3) is 0 Å². The Kier molecular flexibility index (Phi) is 3.46. The van der Waals surface area contributed by atoms with E-state index in [2.05, 4.69) is 15.3 Å². The number of rotatable bonds is 4. The molecule has 1 aliphatic heterocycles. The number of para-hydroxylation sites is 1. The van der Waals surface area contributed by atoms with Crippen molar-refractivity contribution in [2.75, 3.05) is 25.1 Å². The first-order valence-electron chi connectivity index (χ1n) is 6.62. The lowest BCUT2D eigenvalue weighted by molar-refractivity contribution is 0.139. The average molecular weight is 259 g/mol. The summed E-state index contributed by atoms with van der Waals surface area (Å²) in [5, 5.41) is 4.07. The Morgan fingerprint density at radius 3 is 3.05 bits per heavy atom. The molecule has 0 amide bonds. The number of anilines is 1. The Labute approximate surface area is 112 Å². The van der Waals surface area contributed by atoms with Crippen molar-refractivity contribution in [3.05, 3.63) is 24.3 Å². The summed E-state index contributed by atoms with van der Waals surface area (Å²) >= 11 is 0. The number of hydrogen-bond donors (Lipinski definition) is 1. The number of aromatic nitrogens is 2. The summed E-state index contributed by atoms with van der Waals surface area (Å²) in [7, 11) is 0. The molecule has 100 valence electrons. The Balaban J connectivity index is 1.98. The highest BCUT2D eigenvalue weighted by Gasteiger charge is 2.19. The van der Waals surface area contributed by atoms with Gasteiger partial charge in [0, 0.05) is 13.0 Å². The third kappa shape index (κ3) is 2.61. The van der Waals surface area contributed by atoms with E-state index in [-0.39, 0.29) is 6.10 Å². The molecule has 5 nitrogen and oxygen atoms in total. The van der Waals surface area contributed by atoms with Crippen LogP contribution < -0.4 is 10.1 Å². The van der Waals surface area contributed by atoms with Gasteiger partial charge in [0.15, 0.2) is 0 Å². The van der Waals surface area contributed by atoms with Crippen LogP contribution in [0.15, 0.2) is 24.3 Å². The molecule has 0 radical (unpaired) electrons. The molecule has 1 aromatic carbocycles. The summed E-state index contributed by atoms with van der Waals surface area (Å²) < 4.78 is 11.3. The predicted octanol–water partition coefficient (Wildman–Crippen LogP) is 2.23. The van der Waals surface area contributed by atoms with Crippen molar-refractivity contribution in [2.45, 2.75) is 19.4 Å². The number of hydrogen-bond acceptors (Lipinski definition) is 5. The molecule has 1 atom stereocenters. The van der Waals surface area contributed by atoms with Crippen LogP contribution in [-0.4, -0.2) is 35.8 Å². The Morgan fingerprint density at radius 2 is 2.26 bits per heavy atom. The zero-order chi connectivity index (χ0) is 13.1. The molecule has 1 N–H and O–H groups in total. The van der Waals surface area contributed by atoms with Crippen LogP contribution >= 0.6 is 0 Å². The van der Waals surface area contributed by atoms with Crippen LogP contribution in [0, 0.1) is 0 Å². The first-order chi connectivity index (χ1) is 9.36. The number of nitrogens with one attached hydrogen (secondary N) is 1. The van der Waals surface area contributed by atoms with Gasteiger partial charge in [0.1, 0.15) is 6.10 Å². The SMILES string of the molecule is CCNc1nc(OC2CCOC2)c2ccccc2n1. The zero-order valence-electron chi connectivity index (χ0n) is 10.9. The van der Waals surface area contributed by atoms with Crippen LogP contribution in [0.2, 0.25) is 0 Å². The monoisotopic (exact) mass is 259 g/mol. The maximum absolute atomic E-state index is 5.96. The van der Waals surface area contributed by atoms with Crippen LogP contribution in [0.25, 0.3) is 10.9 Å². The molecule has 0 bridgehead atoms. The molecule has 19 heavy (non-hydrogen) atoms. The van der Waals surface area contributed by atoms with Crippen molar-refractivity contribution in [2.24, 2.45) is 0 Å². The van der Waals surface area contributed by atoms with Gasteiger partial charge in [0.2, 0.25) is 11.8 Å². The van der Waals surface area contributed by atoms with Crippen molar-refractivity contribution >= 4 is 16.9 Å². The molecule has 1 aliphatic rings. The fourth-order valence-electron chi connectivity index (χ4n) is 2.14. The highest BCUT2D eigenvalue weighted by molar-refractivity contribution is 5.84. The van der Waals surface area contributed by atoms with Crippen molar-refractivity contribution in [3.8, 4) is 5.88 Å². The van der Waals surface area contributed by atoms with Gasteiger partial charge >= 0.3 is 0 Å². The second-order valence-corrected chi connectivity index (χ2v) is 4.50. The van der Waals surface area contributed by atoms with E-state index in [4.69, 9.17) is 9.47 Å². The van der Waals surface area contributed by atoms with E-state index in [1.165, 1.54) is 0 Å². The first kappa shape index (κ1) is 12.2. The number of fused-ring (bicyclic) bond motifs is 1. The van der Waals surface area contributed by atoms with Crippen molar-refractivity contribution in [1.29, 1.82) is 0 Å². The minimum Gasteiger partial charge on any atom is -0.471 e. The fourth-order valence-corrected chi connectivity index (χ4v) is 2.14. The summed E-state index contributed by atoms with van der Waals surface area (Å²) in [6, 6.07) is 7.89. The molecule has 1 fully saturated rings. The van der Waals surface area contributed by atoms with Crippen molar-refractivity contribution in [3.63, 3.8) is 0 Å². The van der Waals surface area contributed by atoms with E-state index in [0.717, 1.165) is 30.5 Å². The third-order valence-corrected chi connectivity index (χ3v) is 3.07. The molecule has 1 unspecified atom stereocenters. The van der Waals surface area contributed by atoms with E-state index in [9.17, 15) is 0 Å². The number of benzene rings is 1. The van der Waals surface area contributed by atoms with Gasteiger partial charge in [0.05, 0.1) is 24.1 Å². The fraction of sp³-hybridized carbons (Fsp3) is 0.429. The van der Waals surface area contributed by atoms with Crippen LogP contribution in [0.4, 0.5) is 5.95 Å². The van der Waals surface area contributed by atoms with Gasteiger partial charge in [-0.1, -0.05) is 12.1 Å². The van der Waals surface area contributed by atoms with E-state index in [1.54, 1.807) is 0 Å². The molecule has 1 saturated heterocycles. The Morgan fingerprint density at radius 1 is 1.37 bits per heavy atom. The molecule has 1 aromatic heterocycles. The largest absolute Gasteiger partial charge is 0.471 e. The van der Waals surface area contributed by atoms with E-state index in [1.807, 2.05) is 31.2 Å². The smallest absolute Gasteiger partial charge is 0.226 e. The first-order valence-corrected chi connectivity index (χ1v) is 6.62. The van der Waals surface area contributed by atoms with Crippen LogP contribution in [0.5, 0.6) is 5.88 Å². The van der Waals surface area contributed by atoms with Crippen LogP contribution in [0.3, 0.4) is 0 Å². The van der Waals surface area contributed by atoms with Gasteiger partial charge in [-0.2, -0.15) is 4.98 Å². The highest BCUT2D eigenvalue weighted by Crippen LogP contribution is 2.26. The van der Waals surface area contributed by atoms with E-state index in [0.29, 0.717) is 18.4 Å². The maximum Gasteiger partial charge on any atom is 0.226 e. The molecule has 5 heteroatoms. The minimum atomic E-state index is 0.0905. The van der Waals surface area contributed by atoms with Crippen LogP contribution in [-0.2, 0) is 4.74 Å². The summed E-state index contributed by atoms with van der Waals surface area (Å²) in [6.45, 7) is 4.19. The van der Waals surface area contributed by atoms with Gasteiger partial charge in [-0.25, -0.2) is 4.98 Å². The minimum absolute atomic E-state index is 0.0905. The molecular formula is C14H17N3O2. The second kappa shape index (κ2) is 5.40. The molecule has 0 spiro atoms. The molecule has 0 saturated carbocycles. The summed E-state index contributed by atoms with van der Waals surface area (Å²) in [4.78, 5) is 8.92. The van der Waals surface area contributed by atoms with Crippen molar-refractivity contribution in [1.82, 2.24) is 9.97 Å². The quantitative estimate of drug-likeness (QED) is 0.912. The van der Waals surface area contributed by atoms with Gasteiger partial charge in [-0.05, 0) is 19.1 Å². The number of nitrogens with zero attached hydrogens (tertiary/aromatic N) is 2.